The molecule has 2 heterocycles. The monoisotopic (exact) mass is 320 g/mol. The van der Waals surface area contributed by atoms with Crippen molar-refractivity contribution in [2.45, 2.75) is 26.8 Å². The van der Waals surface area contributed by atoms with Crippen molar-refractivity contribution in [1.29, 1.82) is 0 Å². The molecular formula is C21H22NO2+. The highest BCUT2D eigenvalue weighted by Crippen LogP contribution is 2.35. The zero-order valence-corrected chi connectivity index (χ0v) is 14.6. The van der Waals surface area contributed by atoms with Crippen LogP contribution in [0.5, 0.6) is 11.5 Å². The summed E-state index contributed by atoms with van der Waals surface area (Å²) in [6, 6.07) is 11.0. The van der Waals surface area contributed by atoms with Crippen LogP contribution in [0.15, 0.2) is 36.5 Å². The van der Waals surface area contributed by atoms with Crippen LogP contribution in [0.25, 0.3) is 22.0 Å². The summed E-state index contributed by atoms with van der Waals surface area (Å²) in [6.07, 6.45) is 3.30. The van der Waals surface area contributed by atoms with E-state index in [1.807, 2.05) is 0 Å². The normalized spacial score (nSPS) is 12.7. The van der Waals surface area contributed by atoms with Gasteiger partial charge in [-0.05, 0) is 54.1 Å². The van der Waals surface area contributed by atoms with Crippen LogP contribution in [-0.2, 0) is 13.0 Å². The Kier molecular flexibility index (Phi) is 3.45. The molecule has 0 amide bonds. The number of nitrogens with zero attached hydrogens (tertiary/aromatic N) is 1. The van der Waals surface area contributed by atoms with Crippen molar-refractivity contribution >= 4 is 10.8 Å². The Labute approximate surface area is 142 Å². The molecule has 0 radical (unpaired) electrons. The highest BCUT2D eigenvalue weighted by Gasteiger charge is 2.24. The molecule has 0 atom stereocenters. The van der Waals surface area contributed by atoms with E-state index in [9.17, 15) is 0 Å². The summed E-state index contributed by atoms with van der Waals surface area (Å²) in [4.78, 5) is 0. The maximum Gasteiger partial charge on any atom is 0.213 e. The Morgan fingerprint density at radius 3 is 2.21 bits per heavy atom. The molecular weight excluding hydrogens is 298 g/mol. The fourth-order valence-corrected chi connectivity index (χ4v) is 3.59. The number of pyridine rings is 1. The van der Waals surface area contributed by atoms with E-state index in [2.05, 4.69) is 54.9 Å². The standard InChI is InChI=1S/C21H22NO2/c1-13-7-15-5-6-22-12-17-11-21(24-4)20(23-3)10-16(17)9-19(22)18(15)8-14(13)2/h7-12H,5-6H2,1-4H3/q+1. The molecule has 0 aliphatic carbocycles. The molecule has 3 heteroatoms. The van der Waals surface area contributed by atoms with Gasteiger partial charge < -0.3 is 9.47 Å². The molecule has 24 heavy (non-hydrogen) atoms. The van der Waals surface area contributed by atoms with Crippen molar-refractivity contribution in [2.24, 2.45) is 0 Å². The third-order valence-corrected chi connectivity index (χ3v) is 5.10. The molecule has 3 aromatic rings. The van der Waals surface area contributed by atoms with Crippen LogP contribution in [0.1, 0.15) is 16.7 Å². The second-order valence-electron chi connectivity index (χ2n) is 6.53. The topological polar surface area (TPSA) is 22.3 Å². The summed E-state index contributed by atoms with van der Waals surface area (Å²) in [7, 11) is 3.36. The molecule has 2 aromatic carbocycles. The summed E-state index contributed by atoms with van der Waals surface area (Å²) < 4.78 is 13.3. The maximum absolute atomic E-state index is 5.46. The first-order valence-electron chi connectivity index (χ1n) is 8.30. The fourth-order valence-electron chi connectivity index (χ4n) is 3.59. The minimum atomic E-state index is 0.770. The summed E-state index contributed by atoms with van der Waals surface area (Å²) in [5, 5.41) is 2.34. The third kappa shape index (κ3) is 2.23. The number of hydrogen-bond acceptors (Lipinski definition) is 2. The van der Waals surface area contributed by atoms with E-state index in [1.54, 1.807) is 14.2 Å². The molecule has 0 fully saturated rings. The van der Waals surface area contributed by atoms with Crippen LogP contribution in [-0.4, -0.2) is 14.2 Å². The van der Waals surface area contributed by atoms with Crippen molar-refractivity contribution in [2.75, 3.05) is 14.2 Å². The molecule has 0 saturated carbocycles. The number of benzene rings is 2. The van der Waals surface area contributed by atoms with Crippen molar-refractivity contribution < 1.29 is 14.0 Å². The predicted molar refractivity (Wildman–Crippen MR) is 95.9 cm³/mol. The van der Waals surface area contributed by atoms with Crippen LogP contribution in [0.3, 0.4) is 0 Å². The Hall–Kier alpha value is -2.55. The number of hydrogen-bond donors (Lipinski definition) is 0. The number of fused-ring (bicyclic) bond motifs is 4. The largest absolute Gasteiger partial charge is 0.493 e. The van der Waals surface area contributed by atoms with E-state index in [0.717, 1.165) is 24.5 Å². The van der Waals surface area contributed by atoms with E-state index in [1.165, 1.54) is 38.7 Å². The van der Waals surface area contributed by atoms with E-state index in [0.29, 0.717) is 0 Å². The van der Waals surface area contributed by atoms with Gasteiger partial charge in [-0.1, -0.05) is 6.07 Å². The third-order valence-electron chi connectivity index (χ3n) is 5.10. The summed E-state index contributed by atoms with van der Waals surface area (Å²) >= 11 is 0. The van der Waals surface area contributed by atoms with Gasteiger partial charge in [-0.25, -0.2) is 0 Å². The van der Waals surface area contributed by atoms with E-state index in [4.69, 9.17) is 9.47 Å². The van der Waals surface area contributed by atoms with Crippen molar-refractivity contribution in [3.8, 4) is 22.8 Å². The number of aromatic nitrogens is 1. The molecule has 122 valence electrons. The van der Waals surface area contributed by atoms with Crippen LogP contribution in [0.2, 0.25) is 0 Å². The fraction of sp³-hybridized carbons (Fsp3) is 0.286. The SMILES string of the molecule is COc1cc2cc3[n+](cc2cc1OC)CCc1cc(C)c(C)cc1-3. The van der Waals surface area contributed by atoms with E-state index < -0.39 is 0 Å². The minimum absolute atomic E-state index is 0.770. The molecule has 1 aromatic heterocycles. The van der Waals surface area contributed by atoms with Gasteiger partial charge in [-0.3, -0.25) is 0 Å². The molecule has 0 N–H and O–H groups in total. The van der Waals surface area contributed by atoms with Gasteiger partial charge in [0.25, 0.3) is 0 Å². The first-order chi connectivity index (χ1) is 11.6. The number of aryl methyl sites for hydroxylation is 4. The van der Waals surface area contributed by atoms with Gasteiger partial charge in [0.1, 0.15) is 0 Å². The smallest absolute Gasteiger partial charge is 0.213 e. The zero-order valence-electron chi connectivity index (χ0n) is 14.6. The Bertz CT molecular complexity index is 960. The van der Waals surface area contributed by atoms with Gasteiger partial charge in [-0.2, -0.15) is 4.57 Å². The molecule has 3 nitrogen and oxygen atoms in total. The summed E-state index contributed by atoms with van der Waals surface area (Å²) in [6.45, 7) is 5.38. The minimum Gasteiger partial charge on any atom is -0.493 e. The van der Waals surface area contributed by atoms with Gasteiger partial charge in [0.05, 0.1) is 14.2 Å². The quantitative estimate of drug-likeness (QED) is 0.666. The molecule has 4 rings (SSSR count). The van der Waals surface area contributed by atoms with Gasteiger partial charge >= 0.3 is 0 Å². The second kappa shape index (κ2) is 5.52. The molecule has 0 spiro atoms. The van der Waals surface area contributed by atoms with Crippen molar-refractivity contribution in [3.05, 3.63) is 53.2 Å². The Balaban J connectivity index is 1.97. The first kappa shape index (κ1) is 15.0. The maximum atomic E-state index is 5.46. The lowest BCUT2D eigenvalue weighted by molar-refractivity contribution is -0.686. The second-order valence-corrected chi connectivity index (χ2v) is 6.53. The van der Waals surface area contributed by atoms with Crippen molar-refractivity contribution in [1.82, 2.24) is 0 Å². The van der Waals surface area contributed by atoms with Crippen LogP contribution >= 0.6 is 0 Å². The van der Waals surface area contributed by atoms with Gasteiger partial charge in [0, 0.05) is 23.4 Å². The van der Waals surface area contributed by atoms with E-state index in [-0.39, 0.29) is 0 Å². The Morgan fingerprint density at radius 2 is 1.50 bits per heavy atom. The average molecular weight is 320 g/mol. The first-order valence-corrected chi connectivity index (χ1v) is 8.30. The predicted octanol–water partition coefficient (Wildman–Crippen LogP) is 3.98. The Morgan fingerprint density at radius 1 is 0.833 bits per heavy atom. The highest BCUT2D eigenvalue weighted by molar-refractivity contribution is 5.87. The molecule has 0 unspecified atom stereocenters. The van der Waals surface area contributed by atoms with Crippen LogP contribution < -0.4 is 14.0 Å². The van der Waals surface area contributed by atoms with Crippen LogP contribution in [0, 0.1) is 13.8 Å². The molecule has 0 bridgehead atoms. The van der Waals surface area contributed by atoms with Gasteiger partial charge in [0.15, 0.2) is 24.2 Å². The lowest BCUT2D eigenvalue weighted by atomic mass is 9.92. The summed E-state index contributed by atoms with van der Waals surface area (Å²) in [5.41, 5.74) is 6.78. The number of methoxy groups -OCH3 is 2. The van der Waals surface area contributed by atoms with Gasteiger partial charge in [0.2, 0.25) is 5.69 Å². The molecule has 1 aliphatic rings. The number of ether oxygens (including phenoxy) is 2. The highest BCUT2D eigenvalue weighted by atomic mass is 16.5. The van der Waals surface area contributed by atoms with E-state index >= 15 is 0 Å². The zero-order chi connectivity index (χ0) is 16.8. The summed E-state index contributed by atoms with van der Waals surface area (Å²) in [5.74, 6) is 1.54. The van der Waals surface area contributed by atoms with Gasteiger partial charge in [-0.15, -0.1) is 0 Å². The lowest BCUT2D eigenvalue weighted by Gasteiger charge is -2.18. The number of rotatable bonds is 2. The van der Waals surface area contributed by atoms with Crippen LogP contribution in [0.4, 0.5) is 0 Å². The average Bonchev–Trinajstić information content (AvgIpc) is 2.60. The molecule has 0 saturated heterocycles. The lowest BCUT2D eigenvalue weighted by Crippen LogP contribution is -2.40. The molecule has 1 aliphatic heterocycles. The van der Waals surface area contributed by atoms with Crippen molar-refractivity contribution in [3.63, 3.8) is 0 Å².